The van der Waals surface area contributed by atoms with Crippen LogP contribution in [0.1, 0.15) is 52.9 Å². The number of hydrogen-bond acceptors (Lipinski definition) is 3. The van der Waals surface area contributed by atoms with Crippen molar-refractivity contribution in [3.05, 3.63) is 0 Å². The Kier molecular flexibility index (Phi) is 4.11. The molecule has 3 heteroatoms. The minimum Gasteiger partial charge on any atom is -0.372 e. The molecule has 2 saturated heterocycles. The Bertz CT molecular complexity index is 255. The molecular weight excluding hydrogens is 214 g/mol. The lowest BCUT2D eigenvalue weighted by atomic mass is 9.83. The molecule has 0 bridgehead atoms. The quantitative estimate of drug-likeness (QED) is 0.767. The lowest BCUT2D eigenvalue weighted by Crippen LogP contribution is -2.58. The third kappa shape index (κ3) is 3.01. The molecule has 1 N–H and O–H groups in total. The second kappa shape index (κ2) is 5.25. The number of morpholine rings is 1. The molecule has 2 rings (SSSR count). The summed E-state index contributed by atoms with van der Waals surface area (Å²) in [6.07, 6.45) is 6.12. The van der Waals surface area contributed by atoms with Crippen LogP contribution in [0.4, 0.5) is 0 Å². The molecule has 1 spiro atoms. The van der Waals surface area contributed by atoms with Crippen molar-refractivity contribution >= 4 is 0 Å². The Morgan fingerprint density at radius 1 is 1.24 bits per heavy atom. The van der Waals surface area contributed by atoms with Crippen LogP contribution in [0, 0.1) is 0 Å². The van der Waals surface area contributed by atoms with Gasteiger partial charge in [0.05, 0.1) is 18.8 Å². The molecule has 17 heavy (non-hydrogen) atoms. The highest BCUT2D eigenvalue weighted by Crippen LogP contribution is 2.40. The normalized spacial score (nSPS) is 36.5. The van der Waals surface area contributed by atoms with Gasteiger partial charge in [-0.25, -0.2) is 0 Å². The fourth-order valence-electron chi connectivity index (χ4n) is 3.19. The molecule has 0 aromatic rings. The van der Waals surface area contributed by atoms with Crippen LogP contribution >= 0.6 is 0 Å². The summed E-state index contributed by atoms with van der Waals surface area (Å²) in [5, 5.41) is 3.64. The highest BCUT2D eigenvalue weighted by atomic mass is 16.6. The zero-order valence-electron chi connectivity index (χ0n) is 11.6. The van der Waals surface area contributed by atoms with Gasteiger partial charge in [-0.05, 0) is 20.3 Å². The van der Waals surface area contributed by atoms with E-state index in [9.17, 15) is 0 Å². The van der Waals surface area contributed by atoms with Gasteiger partial charge < -0.3 is 14.8 Å². The van der Waals surface area contributed by atoms with E-state index in [0.717, 1.165) is 26.2 Å². The minimum absolute atomic E-state index is 0.0258. The van der Waals surface area contributed by atoms with Crippen LogP contribution in [-0.4, -0.2) is 37.0 Å². The summed E-state index contributed by atoms with van der Waals surface area (Å²) >= 11 is 0. The largest absolute Gasteiger partial charge is 0.372 e. The summed E-state index contributed by atoms with van der Waals surface area (Å²) in [6, 6.07) is 0.476. The Hall–Kier alpha value is -0.120. The van der Waals surface area contributed by atoms with Gasteiger partial charge in [0.25, 0.3) is 0 Å². The molecule has 2 heterocycles. The molecule has 0 radical (unpaired) electrons. The lowest BCUT2D eigenvalue weighted by Gasteiger charge is -2.41. The van der Waals surface area contributed by atoms with Crippen LogP contribution in [-0.2, 0) is 9.47 Å². The predicted octanol–water partition coefficient (Wildman–Crippen LogP) is 2.49. The van der Waals surface area contributed by atoms with Crippen LogP contribution in [0.5, 0.6) is 0 Å². The van der Waals surface area contributed by atoms with Gasteiger partial charge in [0.15, 0.2) is 0 Å². The average Bonchev–Trinajstić information content (AvgIpc) is 2.58. The standard InChI is InChI=1S/C14H27NO2/c1-4-5-6-7-12-14(16-9-8-15-12)10-13(2,3)17-11-14/h12,15H,4-11H2,1-3H3. The molecule has 3 nitrogen and oxygen atoms in total. The molecule has 2 aliphatic rings. The second-order valence-corrected chi connectivity index (χ2v) is 6.14. The SMILES string of the molecule is CCCCCC1NCCOC12COC(C)(C)C2. The van der Waals surface area contributed by atoms with Gasteiger partial charge in [-0.2, -0.15) is 0 Å². The van der Waals surface area contributed by atoms with E-state index < -0.39 is 0 Å². The first kappa shape index (κ1) is 13.3. The zero-order valence-corrected chi connectivity index (χ0v) is 11.6. The molecule has 0 saturated carbocycles. The molecule has 2 aliphatic heterocycles. The number of rotatable bonds is 4. The number of unbranched alkanes of at least 4 members (excludes halogenated alkanes) is 2. The monoisotopic (exact) mass is 241 g/mol. The Labute approximate surface area is 105 Å². The first-order chi connectivity index (χ1) is 8.08. The highest BCUT2D eigenvalue weighted by Gasteiger charge is 2.51. The Morgan fingerprint density at radius 3 is 2.71 bits per heavy atom. The van der Waals surface area contributed by atoms with E-state index in [0.29, 0.717) is 6.04 Å². The van der Waals surface area contributed by atoms with Crippen molar-refractivity contribution < 1.29 is 9.47 Å². The van der Waals surface area contributed by atoms with Crippen molar-refractivity contribution in [3.63, 3.8) is 0 Å². The summed E-state index contributed by atoms with van der Waals surface area (Å²) in [6.45, 7) is 9.15. The zero-order chi connectivity index (χ0) is 12.4. The molecular formula is C14H27NO2. The maximum Gasteiger partial charge on any atom is 0.109 e. The summed E-state index contributed by atoms with van der Waals surface area (Å²) in [7, 11) is 0. The fraction of sp³-hybridized carbons (Fsp3) is 1.00. The molecule has 0 aromatic heterocycles. The van der Waals surface area contributed by atoms with Crippen LogP contribution in [0.3, 0.4) is 0 Å². The van der Waals surface area contributed by atoms with E-state index in [4.69, 9.17) is 9.47 Å². The van der Waals surface area contributed by atoms with Gasteiger partial charge in [-0.15, -0.1) is 0 Å². The van der Waals surface area contributed by atoms with Crippen LogP contribution in [0.2, 0.25) is 0 Å². The summed E-state index contributed by atoms with van der Waals surface area (Å²) in [5.41, 5.74) is -0.0858. The first-order valence-corrected chi connectivity index (χ1v) is 7.09. The molecule has 2 unspecified atom stereocenters. The highest BCUT2D eigenvalue weighted by molar-refractivity contribution is 5.04. The Balaban J connectivity index is 1.97. The molecule has 2 atom stereocenters. The van der Waals surface area contributed by atoms with Crippen LogP contribution < -0.4 is 5.32 Å². The van der Waals surface area contributed by atoms with E-state index in [-0.39, 0.29) is 11.2 Å². The van der Waals surface area contributed by atoms with E-state index in [1.54, 1.807) is 0 Å². The first-order valence-electron chi connectivity index (χ1n) is 7.09. The van der Waals surface area contributed by atoms with Crippen LogP contribution in [0.25, 0.3) is 0 Å². The van der Waals surface area contributed by atoms with Crippen molar-refractivity contribution in [1.82, 2.24) is 5.32 Å². The third-order valence-electron chi connectivity index (χ3n) is 4.05. The topological polar surface area (TPSA) is 30.5 Å². The third-order valence-corrected chi connectivity index (χ3v) is 4.05. The summed E-state index contributed by atoms with van der Waals surface area (Å²) < 4.78 is 12.0. The summed E-state index contributed by atoms with van der Waals surface area (Å²) in [4.78, 5) is 0. The molecule has 0 aliphatic carbocycles. The van der Waals surface area contributed by atoms with Crippen molar-refractivity contribution in [1.29, 1.82) is 0 Å². The molecule has 100 valence electrons. The van der Waals surface area contributed by atoms with Crippen molar-refractivity contribution in [2.75, 3.05) is 19.8 Å². The van der Waals surface area contributed by atoms with E-state index in [1.165, 1.54) is 25.7 Å². The Morgan fingerprint density at radius 2 is 2.06 bits per heavy atom. The van der Waals surface area contributed by atoms with Gasteiger partial charge in [0.2, 0.25) is 0 Å². The molecule has 2 fully saturated rings. The maximum atomic E-state index is 6.12. The van der Waals surface area contributed by atoms with Gasteiger partial charge in [0.1, 0.15) is 5.60 Å². The maximum absolute atomic E-state index is 6.12. The van der Waals surface area contributed by atoms with E-state index in [1.807, 2.05) is 0 Å². The minimum atomic E-state index is -0.0600. The number of hydrogen-bond donors (Lipinski definition) is 1. The molecule has 0 aromatic carbocycles. The van der Waals surface area contributed by atoms with E-state index >= 15 is 0 Å². The van der Waals surface area contributed by atoms with Gasteiger partial charge in [-0.3, -0.25) is 0 Å². The van der Waals surface area contributed by atoms with Gasteiger partial charge >= 0.3 is 0 Å². The van der Waals surface area contributed by atoms with Crippen molar-refractivity contribution in [3.8, 4) is 0 Å². The molecule has 0 amide bonds. The van der Waals surface area contributed by atoms with Gasteiger partial charge in [0, 0.05) is 19.0 Å². The average molecular weight is 241 g/mol. The van der Waals surface area contributed by atoms with Crippen LogP contribution in [0.15, 0.2) is 0 Å². The van der Waals surface area contributed by atoms with E-state index in [2.05, 4.69) is 26.1 Å². The smallest absolute Gasteiger partial charge is 0.109 e. The van der Waals surface area contributed by atoms with Crippen molar-refractivity contribution in [2.24, 2.45) is 0 Å². The lowest BCUT2D eigenvalue weighted by molar-refractivity contribution is -0.0998. The number of nitrogens with one attached hydrogen (secondary N) is 1. The summed E-state index contributed by atoms with van der Waals surface area (Å²) in [5.74, 6) is 0. The van der Waals surface area contributed by atoms with Gasteiger partial charge in [-0.1, -0.05) is 26.2 Å². The predicted molar refractivity (Wildman–Crippen MR) is 69.3 cm³/mol. The fourth-order valence-corrected chi connectivity index (χ4v) is 3.19. The number of ether oxygens (including phenoxy) is 2. The van der Waals surface area contributed by atoms with Crippen molar-refractivity contribution in [2.45, 2.75) is 70.1 Å². The second-order valence-electron chi connectivity index (χ2n) is 6.14.